The number of carboxylic acids is 1. The first-order valence-electron chi connectivity index (χ1n) is 11.0. The summed E-state index contributed by atoms with van der Waals surface area (Å²) < 4.78 is 3.97. The van der Waals surface area contributed by atoms with E-state index in [0.717, 1.165) is 41.5 Å². The highest BCUT2D eigenvalue weighted by Crippen LogP contribution is 2.29. The third-order valence-corrected chi connectivity index (χ3v) is 6.19. The highest BCUT2D eigenvalue weighted by Gasteiger charge is 2.22. The minimum absolute atomic E-state index is 0.223. The molecule has 0 spiro atoms. The van der Waals surface area contributed by atoms with Crippen molar-refractivity contribution in [3.8, 4) is 11.4 Å². The van der Waals surface area contributed by atoms with Crippen LogP contribution in [0.2, 0.25) is 0 Å². The van der Waals surface area contributed by atoms with Crippen LogP contribution in [0.15, 0.2) is 48.8 Å². The SMILES string of the molecule is CCn1ccc(Cn2c(-c3ccc(N4CCC[C@@H]4C)nc3)nc3cc(C(=O)O)ccc32)n1. The molecule has 3 aromatic heterocycles. The van der Waals surface area contributed by atoms with Crippen molar-refractivity contribution in [3.05, 3.63) is 60.0 Å². The van der Waals surface area contributed by atoms with Crippen LogP contribution in [0, 0.1) is 0 Å². The second-order valence-electron chi connectivity index (χ2n) is 8.28. The highest BCUT2D eigenvalue weighted by molar-refractivity contribution is 5.93. The number of fused-ring (bicyclic) bond motifs is 1. The third kappa shape index (κ3) is 3.62. The molecular weight excluding hydrogens is 404 g/mol. The lowest BCUT2D eigenvalue weighted by Gasteiger charge is -2.22. The second-order valence-corrected chi connectivity index (χ2v) is 8.28. The molecule has 0 unspecified atom stereocenters. The van der Waals surface area contributed by atoms with E-state index < -0.39 is 5.97 Å². The summed E-state index contributed by atoms with van der Waals surface area (Å²) in [4.78, 5) is 23.3. The summed E-state index contributed by atoms with van der Waals surface area (Å²) in [6.45, 7) is 6.66. The fourth-order valence-corrected chi connectivity index (χ4v) is 4.43. The molecule has 0 aliphatic carbocycles. The van der Waals surface area contributed by atoms with Crippen molar-refractivity contribution in [2.45, 2.75) is 45.8 Å². The van der Waals surface area contributed by atoms with Crippen molar-refractivity contribution in [3.63, 3.8) is 0 Å². The Morgan fingerprint density at radius 1 is 1.22 bits per heavy atom. The van der Waals surface area contributed by atoms with Gasteiger partial charge in [-0.05, 0) is 63.1 Å². The van der Waals surface area contributed by atoms with Gasteiger partial charge in [-0.15, -0.1) is 0 Å². The average Bonchev–Trinajstić information content (AvgIpc) is 3.52. The normalized spacial score (nSPS) is 16.2. The lowest BCUT2D eigenvalue weighted by Crippen LogP contribution is -2.26. The molecule has 4 aromatic rings. The van der Waals surface area contributed by atoms with Gasteiger partial charge >= 0.3 is 5.97 Å². The molecule has 0 saturated carbocycles. The number of anilines is 1. The predicted molar refractivity (Wildman–Crippen MR) is 123 cm³/mol. The topological polar surface area (TPSA) is 89.1 Å². The van der Waals surface area contributed by atoms with E-state index in [1.54, 1.807) is 12.1 Å². The fourth-order valence-electron chi connectivity index (χ4n) is 4.43. The molecule has 1 aromatic carbocycles. The first-order valence-corrected chi connectivity index (χ1v) is 11.0. The summed E-state index contributed by atoms with van der Waals surface area (Å²) >= 11 is 0. The first-order chi connectivity index (χ1) is 15.5. The highest BCUT2D eigenvalue weighted by atomic mass is 16.4. The summed E-state index contributed by atoms with van der Waals surface area (Å²) in [7, 11) is 0. The summed E-state index contributed by atoms with van der Waals surface area (Å²) in [6.07, 6.45) is 6.21. The summed E-state index contributed by atoms with van der Waals surface area (Å²) in [5.41, 5.74) is 3.55. The van der Waals surface area contributed by atoms with E-state index >= 15 is 0 Å². The van der Waals surface area contributed by atoms with Gasteiger partial charge in [0.15, 0.2) is 0 Å². The van der Waals surface area contributed by atoms with Crippen molar-refractivity contribution >= 4 is 22.8 Å². The molecule has 8 nitrogen and oxygen atoms in total. The predicted octanol–water partition coefficient (Wildman–Crippen LogP) is 4.05. The molecule has 1 aliphatic rings. The molecule has 164 valence electrons. The van der Waals surface area contributed by atoms with Gasteiger partial charge in [0.25, 0.3) is 0 Å². The Kier molecular flexibility index (Phi) is 5.13. The van der Waals surface area contributed by atoms with Crippen LogP contribution < -0.4 is 4.90 Å². The molecule has 8 heteroatoms. The third-order valence-electron chi connectivity index (χ3n) is 6.19. The molecule has 1 atom stereocenters. The number of carboxylic acid groups (broad SMARTS) is 1. The molecule has 4 heterocycles. The number of imidazole rings is 1. The molecule has 1 N–H and O–H groups in total. The van der Waals surface area contributed by atoms with Crippen molar-refractivity contribution in [2.75, 3.05) is 11.4 Å². The molecule has 1 saturated heterocycles. The van der Waals surface area contributed by atoms with Crippen molar-refractivity contribution in [1.29, 1.82) is 0 Å². The van der Waals surface area contributed by atoms with Gasteiger partial charge in [-0.2, -0.15) is 5.10 Å². The van der Waals surface area contributed by atoms with E-state index in [2.05, 4.69) is 34.5 Å². The van der Waals surface area contributed by atoms with Crippen LogP contribution in [-0.4, -0.2) is 48.0 Å². The van der Waals surface area contributed by atoms with Crippen LogP contribution in [-0.2, 0) is 13.1 Å². The van der Waals surface area contributed by atoms with Crippen LogP contribution in [0.1, 0.15) is 42.7 Å². The van der Waals surface area contributed by atoms with Gasteiger partial charge < -0.3 is 14.6 Å². The Balaban J connectivity index is 1.57. The Morgan fingerprint density at radius 3 is 2.75 bits per heavy atom. The van der Waals surface area contributed by atoms with E-state index in [1.165, 1.54) is 12.8 Å². The minimum Gasteiger partial charge on any atom is -0.478 e. The number of hydrogen-bond donors (Lipinski definition) is 1. The number of aromatic carboxylic acids is 1. The molecule has 1 fully saturated rings. The monoisotopic (exact) mass is 430 g/mol. The van der Waals surface area contributed by atoms with E-state index in [0.29, 0.717) is 18.1 Å². The van der Waals surface area contributed by atoms with Gasteiger partial charge in [0.1, 0.15) is 11.6 Å². The number of hydrogen-bond acceptors (Lipinski definition) is 5. The van der Waals surface area contributed by atoms with Crippen LogP contribution >= 0.6 is 0 Å². The first kappa shape index (κ1) is 20.2. The van der Waals surface area contributed by atoms with Gasteiger partial charge in [-0.1, -0.05) is 0 Å². The lowest BCUT2D eigenvalue weighted by atomic mass is 10.2. The van der Waals surface area contributed by atoms with Crippen LogP contribution in [0.3, 0.4) is 0 Å². The number of aryl methyl sites for hydroxylation is 1. The Hall–Kier alpha value is -3.68. The van der Waals surface area contributed by atoms with E-state index in [1.807, 2.05) is 35.3 Å². The van der Waals surface area contributed by atoms with Crippen molar-refractivity contribution < 1.29 is 9.90 Å². The molecule has 1 aliphatic heterocycles. The summed E-state index contributed by atoms with van der Waals surface area (Å²) in [6, 6.07) is 11.7. The van der Waals surface area contributed by atoms with Crippen LogP contribution in [0.5, 0.6) is 0 Å². The quantitative estimate of drug-likeness (QED) is 0.496. The number of benzene rings is 1. The van der Waals surface area contributed by atoms with E-state index in [4.69, 9.17) is 9.97 Å². The summed E-state index contributed by atoms with van der Waals surface area (Å²) in [5.74, 6) is 0.772. The molecule has 5 rings (SSSR count). The van der Waals surface area contributed by atoms with Gasteiger partial charge in [-0.25, -0.2) is 14.8 Å². The number of rotatable bonds is 6. The fraction of sp³-hybridized carbons (Fsp3) is 0.333. The number of aromatic nitrogens is 5. The maximum atomic E-state index is 11.5. The Morgan fingerprint density at radius 2 is 2.09 bits per heavy atom. The molecular formula is C24H26N6O2. The van der Waals surface area contributed by atoms with Gasteiger partial charge in [0, 0.05) is 37.1 Å². The van der Waals surface area contributed by atoms with Crippen LogP contribution in [0.25, 0.3) is 22.4 Å². The minimum atomic E-state index is -0.963. The summed E-state index contributed by atoms with van der Waals surface area (Å²) in [5, 5.41) is 14.0. The molecule has 32 heavy (non-hydrogen) atoms. The van der Waals surface area contributed by atoms with Crippen molar-refractivity contribution in [2.24, 2.45) is 0 Å². The number of carbonyl (C=O) groups is 1. The standard InChI is InChI=1S/C24H26N6O2/c1-3-28-12-10-19(27-28)15-30-21-8-6-17(24(31)32)13-20(21)26-23(30)18-7-9-22(25-14-18)29-11-4-5-16(29)2/h6-10,12-14,16H,3-5,11,15H2,1-2H3,(H,31,32)/t16-/m0/s1. The largest absolute Gasteiger partial charge is 0.478 e. The van der Waals surface area contributed by atoms with Gasteiger partial charge in [0.05, 0.1) is 28.8 Å². The average molecular weight is 431 g/mol. The molecule has 0 bridgehead atoms. The zero-order valence-corrected chi connectivity index (χ0v) is 18.3. The smallest absolute Gasteiger partial charge is 0.335 e. The zero-order valence-electron chi connectivity index (χ0n) is 18.3. The molecule has 0 amide bonds. The van der Waals surface area contributed by atoms with Gasteiger partial charge in [0.2, 0.25) is 0 Å². The Bertz CT molecular complexity index is 1270. The number of pyridine rings is 1. The van der Waals surface area contributed by atoms with Crippen LogP contribution in [0.4, 0.5) is 5.82 Å². The maximum absolute atomic E-state index is 11.5. The second kappa shape index (κ2) is 8.11. The maximum Gasteiger partial charge on any atom is 0.335 e. The van der Waals surface area contributed by atoms with Gasteiger partial charge in [-0.3, -0.25) is 4.68 Å². The van der Waals surface area contributed by atoms with E-state index in [9.17, 15) is 9.90 Å². The lowest BCUT2D eigenvalue weighted by molar-refractivity contribution is 0.0697. The zero-order chi connectivity index (χ0) is 22.2. The molecule has 0 radical (unpaired) electrons. The van der Waals surface area contributed by atoms with E-state index in [-0.39, 0.29) is 5.56 Å². The Labute approximate surface area is 186 Å². The van der Waals surface area contributed by atoms with Crippen molar-refractivity contribution in [1.82, 2.24) is 24.3 Å². The number of nitrogens with zero attached hydrogens (tertiary/aromatic N) is 6.